The van der Waals surface area contributed by atoms with Crippen LogP contribution in [-0.2, 0) is 6.42 Å². The van der Waals surface area contributed by atoms with Crippen LogP contribution in [-0.4, -0.2) is 30.9 Å². The molecule has 0 aliphatic heterocycles. The molecule has 2 N–H and O–H groups in total. The van der Waals surface area contributed by atoms with Crippen LogP contribution in [0.4, 0.5) is 5.13 Å². The Hall–Kier alpha value is -3.59. The smallest absolute Gasteiger partial charge is 0.264 e. The van der Waals surface area contributed by atoms with E-state index in [1.54, 1.807) is 13.0 Å². The summed E-state index contributed by atoms with van der Waals surface area (Å²) in [6.07, 6.45) is 3.64. The number of aromatic amines is 1. The molecule has 9 heteroatoms. The van der Waals surface area contributed by atoms with Crippen LogP contribution in [0.3, 0.4) is 0 Å². The first-order chi connectivity index (χ1) is 15.0. The maximum Gasteiger partial charge on any atom is 0.264 e. The van der Waals surface area contributed by atoms with Gasteiger partial charge in [-0.1, -0.05) is 37.6 Å². The van der Waals surface area contributed by atoms with Gasteiger partial charge in [-0.2, -0.15) is 10.2 Å². The summed E-state index contributed by atoms with van der Waals surface area (Å²) >= 11 is 1.43. The molecule has 1 amide bonds. The molecular weight excluding hydrogens is 412 g/mol. The van der Waals surface area contributed by atoms with Gasteiger partial charge in [0.1, 0.15) is 0 Å². The number of H-pyrrole nitrogens is 1. The number of benzene rings is 1. The van der Waals surface area contributed by atoms with Crippen LogP contribution in [0, 0.1) is 13.8 Å². The quantitative estimate of drug-likeness (QED) is 0.479. The first-order valence-corrected chi connectivity index (χ1v) is 10.8. The highest BCUT2D eigenvalue weighted by atomic mass is 32.1. The molecule has 0 aliphatic carbocycles. The number of rotatable bonds is 6. The molecule has 0 fully saturated rings. The zero-order valence-electron chi connectivity index (χ0n) is 17.5. The molecule has 0 bridgehead atoms. The van der Waals surface area contributed by atoms with E-state index >= 15 is 0 Å². The van der Waals surface area contributed by atoms with E-state index in [-0.39, 0.29) is 11.5 Å². The molecule has 158 valence electrons. The van der Waals surface area contributed by atoms with E-state index in [0.29, 0.717) is 22.2 Å². The lowest BCUT2D eigenvalue weighted by atomic mass is 10.1. The van der Waals surface area contributed by atoms with Gasteiger partial charge in [0.15, 0.2) is 10.9 Å². The van der Waals surface area contributed by atoms with Crippen molar-refractivity contribution in [2.45, 2.75) is 33.6 Å². The maximum absolute atomic E-state index is 12.8. The largest absolute Gasteiger partial charge is 0.298 e. The number of amides is 1. The molecule has 0 saturated carbocycles. The normalized spacial score (nSPS) is 10.9. The minimum atomic E-state index is -0.304. The van der Waals surface area contributed by atoms with Gasteiger partial charge in [-0.05, 0) is 31.9 Å². The number of carbonyl (C=O) groups is 1. The van der Waals surface area contributed by atoms with Crippen molar-refractivity contribution < 1.29 is 4.79 Å². The van der Waals surface area contributed by atoms with Gasteiger partial charge >= 0.3 is 0 Å². The van der Waals surface area contributed by atoms with Crippen LogP contribution in [0.1, 0.15) is 39.8 Å². The average molecular weight is 435 g/mol. The predicted octanol–water partition coefficient (Wildman–Crippen LogP) is 3.90. The highest BCUT2D eigenvalue weighted by Gasteiger charge is 2.18. The molecule has 4 aromatic rings. The fraction of sp³-hybridized carbons (Fsp3) is 0.227. The molecule has 0 spiro atoms. The predicted molar refractivity (Wildman–Crippen MR) is 121 cm³/mol. The Morgan fingerprint density at radius 1 is 1.16 bits per heavy atom. The molecule has 0 saturated heterocycles. The molecular formula is C22H22N6O2S. The van der Waals surface area contributed by atoms with E-state index in [0.717, 1.165) is 29.0 Å². The van der Waals surface area contributed by atoms with Crippen LogP contribution >= 0.6 is 11.3 Å². The number of aromatic nitrogens is 5. The van der Waals surface area contributed by atoms with Crippen LogP contribution in [0.5, 0.6) is 0 Å². The number of nitrogens with zero attached hydrogens (tertiary/aromatic N) is 4. The molecule has 1 aromatic carbocycles. The molecule has 3 aromatic heterocycles. The molecule has 8 nitrogen and oxygen atoms in total. The van der Waals surface area contributed by atoms with E-state index in [2.05, 4.69) is 56.8 Å². The second kappa shape index (κ2) is 8.65. The van der Waals surface area contributed by atoms with E-state index in [4.69, 9.17) is 0 Å². The number of nitrogens with one attached hydrogen (secondary N) is 2. The number of thiazole rings is 1. The Morgan fingerprint density at radius 3 is 2.61 bits per heavy atom. The topological polar surface area (TPSA) is 106 Å². The zero-order chi connectivity index (χ0) is 22.0. The second-order valence-corrected chi connectivity index (χ2v) is 8.36. The minimum Gasteiger partial charge on any atom is -0.298 e. The molecule has 31 heavy (non-hydrogen) atoms. The van der Waals surface area contributed by atoms with E-state index in [9.17, 15) is 9.59 Å². The fourth-order valence-electron chi connectivity index (χ4n) is 3.32. The Balaban J connectivity index is 1.54. The molecule has 4 rings (SSSR count). The van der Waals surface area contributed by atoms with Crippen molar-refractivity contribution in [2.24, 2.45) is 0 Å². The van der Waals surface area contributed by atoms with Gasteiger partial charge in [0, 0.05) is 16.5 Å². The van der Waals surface area contributed by atoms with E-state index in [1.165, 1.54) is 33.8 Å². The third-order valence-corrected chi connectivity index (χ3v) is 5.81. The monoisotopic (exact) mass is 434 g/mol. The molecule has 0 radical (unpaired) electrons. The van der Waals surface area contributed by atoms with Crippen molar-refractivity contribution in [1.82, 2.24) is 25.0 Å². The Labute approximate surface area is 183 Å². The average Bonchev–Trinajstić information content (AvgIpc) is 3.32. The molecule has 0 aliphatic rings. The summed E-state index contributed by atoms with van der Waals surface area (Å²) in [4.78, 5) is 29.7. The number of hydrogen-bond donors (Lipinski definition) is 2. The SMILES string of the molecule is CCCc1ccc(-c2nc(NC(=O)c3cnn(-c4ccc(=O)[nH]n4)c3C)sc2C)cc1. The van der Waals surface area contributed by atoms with Crippen molar-refractivity contribution in [3.05, 3.63) is 74.6 Å². The van der Waals surface area contributed by atoms with Crippen LogP contribution in [0.25, 0.3) is 17.1 Å². The Kier molecular flexibility index (Phi) is 5.77. The van der Waals surface area contributed by atoms with Gasteiger partial charge in [0.2, 0.25) is 0 Å². The maximum atomic E-state index is 12.8. The van der Waals surface area contributed by atoms with E-state index in [1.807, 2.05) is 6.92 Å². The molecule has 0 unspecified atom stereocenters. The highest BCUT2D eigenvalue weighted by Crippen LogP contribution is 2.31. The summed E-state index contributed by atoms with van der Waals surface area (Å²) < 4.78 is 1.50. The van der Waals surface area contributed by atoms with E-state index < -0.39 is 0 Å². The van der Waals surface area contributed by atoms with Crippen molar-refractivity contribution in [2.75, 3.05) is 5.32 Å². The van der Waals surface area contributed by atoms with Crippen LogP contribution in [0.2, 0.25) is 0 Å². The summed E-state index contributed by atoms with van der Waals surface area (Å²) in [5.74, 6) is 0.127. The standard InChI is InChI=1S/C22H22N6O2S/c1-4-5-15-6-8-16(9-7-15)20-14(3)31-22(24-20)25-21(30)17-12-23-28(13(17)2)18-10-11-19(29)27-26-18/h6-12H,4-5H2,1-3H3,(H,27,29)(H,24,25,30). The third-order valence-electron chi connectivity index (χ3n) is 4.92. The first kappa shape index (κ1) is 20.7. The summed E-state index contributed by atoms with van der Waals surface area (Å²) in [6.45, 7) is 5.93. The Bertz CT molecular complexity index is 1270. The third kappa shape index (κ3) is 4.31. The van der Waals surface area contributed by atoms with Crippen molar-refractivity contribution >= 4 is 22.4 Å². The summed E-state index contributed by atoms with van der Waals surface area (Å²) in [6, 6.07) is 11.3. The van der Waals surface area contributed by atoms with Gasteiger partial charge in [-0.25, -0.2) is 14.8 Å². The lowest BCUT2D eigenvalue weighted by Crippen LogP contribution is -2.14. The highest BCUT2D eigenvalue weighted by molar-refractivity contribution is 7.16. The lowest BCUT2D eigenvalue weighted by molar-refractivity contribution is 0.102. The lowest BCUT2D eigenvalue weighted by Gasteiger charge is -2.04. The van der Waals surface area contributed by atoms with Gasteiger partial charge < -0.3 is 0 Å². The van der Waals surface area contributed by atoms with Gasteiger partial charge in [0.05, 0.1) is 23.1 Å². The number of carbonyl (C=O) groups excluding carboxylic acids is 1. The summed E-state index contributed by atoms with van der Waals surface area (Å²) in [5.41, 5.74) is 3.91. The number of anilines is 1. The van der Waals surface area contributed by atoms with Gasteiger partial charge in [-0.3, -0.25) is 14.9 Å². The first-order valence-electron chi connectivity index (χ1n) is 9.95. The van der Waals surface area contributed by atoms with Crippen molar-refractivity contribution in [3.63, 3.8) is 0 Å². The van der Waals surface area contributed by atoms with Crippen molar-refractivity contribution in [3.8, 4) is 17.1 Å². The summed E-state index contributed by atoms with van der Waals surface area (Å²) in [5, 5.41) is 13.9. The Morgan fingerprint density at radius 2 is 1.94 bits per heavy atom. The van der Waals surface area contributed by atoms with Gasteiger partial charge in [-0.15, -0.1) is 11.3 Å². The molecule has 0 atom stereocenters. The second-order valence-electron chi connectivity index (χ2n) is 7.16. The number of aryl methyl sites for hydroxylation is 2. The number of hydrogen-bond acceptors (Lipinski definition) is 6. The molecule has 3 heterocycles. The van der Waals surface area contributed by atoms with Crippen LogP contribution in [0.15, 0.2) is 47.4 Å². The fourth-order valence-corrected chi connectivity index (χ4v) is 4.15. The van der Waals surface area contributed by atoms with Crippen molar-refractivity contribution in [1.29, 1.82) is 0 Å². The summed E-state index contributed by atoms with van der Waals surface area (Å²) in [7, 11) is 0. The van der Waals surface area contributed by atoms with Crippen LogP contribution < -0.4 is 10.9 Å². The van der Waals surface area contributed by atoms with Gasteiger partial charge in [0.25, 0.3) is 11.5 Å². The zero-order valence-corrected chi connectivity index (χ0v) is 18.3. The minimum absolute atomic E-state index is 0.299.